The fourth-order valence-electron chi connectivity index (χ4n) is 6.40. The maximum Gasteiger partial charge on any atom is 0.244 e. The van der Waals surface area contributed by atoms with Crippen molar-refractivity contribution in [2.45, 2.75) is 44.1 Å². The lowest BCUT2D eigenvalue weighted by Crippen LogP contribution is -2.62. The van der Waals surface area contributed by atoms with Crippen molar-refractivity contribution in [3.63, 3.8) is 0 Å². The number of aromatic nitrogens is 3. The molecule has 4 aliphatic carbocycles. The SMILES string of the molecule is COc1ccc(Cl)cc1NC(=S)NNC(=O)C12C[C@H]3C[C@H](C1)CC(n1cnc(Cl)n1)(C3)C2. The second-order valence-corrected chi connectivity index (χ2v) is 10.5. The van der Waals surface area contributed by atoms with Gasteiger partial charge < -0.3 is 10.1 Å². The average molecular weight is 495 g/mol. The summed E-state index contributed by atoms with van der Waals surface area (Å²) in [6, 6.07) is 5.19. The van der Waals surface area contributed by atoms with E-state index in [0.29, 0.717) is 28.3 Å². The van der Waals surface area contributed by atoms with Crippen molar-refractivity contribution in [1.82, 2.24) is 25.6 Å². The van der Waals surface area contributed by atoms with Gasteiger partial charge in [0.05, 0.1) is 23.8 Å². The molecule has 1 aromatic heterocycles. The maximum absolute atomic E-state index is 13.4. The highest BCUT2D eigenvalue weighted by Crippen LogP contribution is 2.64. The number of methoxy groups -OCH3 is 1. The molecule has 1 amide bonds. The summed E-state index contributed by atoms with van der Waals surface area (Å²) >= 11 is 17.5. The minimum atomic E-state index is -0.459. The number of carbonyl (C=O) groups excluding carboxylic acids is 1. The fourth-order valence-corrected chi connectivity index (χ4v) is 6.86. The van der Waals surface area contributed by atoms with E-state index in [1.165, 1.54) is 6.42 Å². The van der Waals surface area contributed by atoms with E-state index < -0.39 is 5.41 Å². The lowest BCUT2D eigenvalue weighted by atomic mass is 9.46. The molecule has 2 atom stereocenters. The van der Waals surface area contributed by atoms with Gasteiger partial charge in [-0.25, -0.2) is 9.67 Å². The monoisotopic (exact) mass is 494 g/mol. The molecule has 0 saturated heterocycles. The number of rotatable bonds is 4. The van der Waals surface area contributed by atoms with E-state index >= 15 is 0 Å². The van der Waals surface area contributed by atoms with Crippen LogP contribution in [0, 0.1) is 17.3 Å². The van der Waals surface area contributed by atoms with E-state index in [1.54, 1.807) is 31.6 Å². The van der Waals surface area contributed by atoms with Gasteiger partial charge in [-0.2, -0.15) is 0 Å². The number of ether oxygens (including phenoxy) is 1. The Morgan fingerprint density at radius 1 is 1.22 bits per heavy atom. The topological polar surface area (TPSA) is 93.1 Å². The third-order valence-corrected chi connectivity index (χ3v) is 7.77. The van der Waals surface area contributed by atoms with E-state index in [2.05, 4.69) is 26.3 Å². The zero-order valence-corrected chi connectivity index (χ0v) is 19.9. The predicted octanol–water partition coefficient (Wildman–Crippen LogP) is 3.91. The standard InChI is InChI=1S/C21H24Cl2N6O2S/c1-31-16-3-2-14(22)5-15(16)25-19(32)27-26-17(30)20-6-12-4-13(7-20)9-21(8-12,10-20)29-11-24-18(23)28-29/h2-3,5,11-13H,4,6-10H2,1H3,(H,26,30)(H2,25,27,32)/t12-,13-,20?,21?/m1/s1. The molecule has 32 heavy (non-hydrogen) atoms. The Morgan fingerprint density at radius 3 is 2.62 bits per heavy atom. The Kier molecular flexibility index (Phi) is 5.46. The molecule has 2 aromatic rings. The molecule has 0 radical (unpaired) electrons. The van der Waals surface area contributed by atoms with Crippen molar-refractivity contribution in [1.29, 1.82) is 0 Å². The van der Waals surface area contributed by atoms with Crippen LogP contribution in [-0.4, -0.2) is 32.9 Å². The lowest BCUT2D eigenvalue weighted by molar-refractivity contribution is -0.156. The molecule has 4 bridgehead atoms. The number of nitrogens with one attached hydrogen (secondary N) is 3. The number of halogens is 2. The van der Waals surface area contributed by atoms with Crippen molar-refractivity contribution >= 4 is 52.1 Å². The molecule has 0 aliphatic heterocycles. The van der Waals surface area contributed by atoms with Crippen molar-refractivity contribution in [3.8, 4) is 5.75 Å². The first-order valence-electron chi connectivity index (χ1n) is 10.6. The minimum absolute atomic E-state index is 0.0376. The molecule has 11 heteroatoms. The van der Waals surface area contributed by atoms with E-state index in [1.807, 2.05) is 4.68 Å². The smallest absolute Gasteiger partial charge is 0.244 e. The zero-order chi connectivity index (χ0) is 22.5. The number of benzene rings is 1. The molecule has 4 saturated carbocycles. The van der Waals surface area contributed by atoms with Gasteiger partial charge in [-0.3, -0.25) is 15.6 Å². The van der Waals surface area contributed by atoms with E-state index in [-0.39, 0.29) is 21.8 Å². The van der Waals surface area contributed by atoms with Crippen molar-refractivity contribution in [3.05, 3.63) is 34.8 Å². The zero-order valence-electron chi connectivity index (χ0n) is 17.5. The van der Waals surface area contributed by atoms with Crippen LogP contribution in [0.3, 0.4) is 0 Å². The van der Waals surface area contributed by atoms with Gasteiger partial charge in [0.1, 0.15) is 12.1 Å². The molecule has 4 aliphatic rings. The Bertz CT molecular complexity index is 1060. The summed E-state index contributed by atoms with van der Waals surface area (Å²) in [5.74, 6) is 1.54. The van der Waals surface area contributed by atoms with E-state index in [9.17, 15) is 4.79 Å². The normalized spacial score (nSPS) is 30.1. The van der Waals surface area contributed by atoms with Crippen LogP contribution < -0.4 is 20.9 Å². The Hall–Kier alpha value is -2.10. The van der Waals surface area contributed by atoms with Crippen LogP contribution in [0.2, 0.25) is 10.3 Å². The van der Waals surface area contributed by atoms with Gasteiger partial charge in [0.25, 0.3) is 0 Å². The highest BCUT2D eigenvalue weighted by molar-refractivity contribution is 7.80. The number of hydrogen-bond donors (Lipinski definition) is 3. The molecule has 3 N–H and O–H groups in total. The fraction of sp³-hybridized carbons (Fsp3) is 0.524. The molecule has 4 fully saturated rings. The highest BCUT2D eigenvalue weighted by atomic mass is 35.5. The molecule has 1 heterocycles. The number of hydrazine groups is 1. The first-order valence-corrected chi connectivity index (χ1v) is 11.8. The molecular weight excluding hydrogens is 471 g/mol. The highest BCUT2D eigenvalue weighted by Gasteiger charge is 2.61. The summed E-state index contributed by atoms with van der Waals surface area (Å²) in [5, 5.41) is 8.48. The van der Waals surface area contributed by atoms with Gasteiger partial charge in [0.2, 0.25) is 11.2 Å². The first-order chi connectivity index (χ1) is 15.3. The van der Waals surface area contributed by atoms with Gasteiger partial charge in [-0.15, -0.1) is 5.10 Å². The number of nitrogens with zero attached hydrogens (tertiary/aromatic N) is 3. The van der Waals surface area contributed by atoms with Crippen LogP contribution in [0.4, 0.5) is 5.69 Å². The summed E-state index contributed by atoms with van der Waals surface area (Å²) in [7, 11) is 1.57. The van der Waals surface area contributed by atoms with E-state index in [4.69, 9.17) is 40.2 Å². The van der Waals surface area contributed by atoms with Gasteiger partial charge in [0, 0.05) is 5.02 Å². The van der Waals surface area contributed by atoms with Crippen molar-refractivity contribution in [2.24, 2.45) is 17.3 Å². The second-order valence-electron chi connectivity index (χ2n) is 9.30. The van der Waals surface area contributed by atoms with Crippen LogP contribution in [0.1, 0.15) is 38.5 Å². The molecule has 6 rings (SSSR count). The first kappa shape index (κ1) is 21.7. The molecule has 170 valence electrons. The molecule has 0 unspecified atom stereocenters. The van der Waals surface area contributed by atoms with Crippen LogP contribution in [0.15, 0.2) is 24.5 Å². The largest absolute Gasteiger partial charge is 0.495 e. The third-order valence-electron chi connectivity index (χ3n) is 7.16. The molecular formula is C21H24Cl2N6O2S. The van der Waals surface area contributed by atoms with Gasteiger partial charge in [0.15, 0.2) is 5.11 Å². The van der Waals surface area contributed by atoms with Crippen LogP contribution in [0.25, 0.3) is 0 Å². The maximum atomic E-state index is 13.4. The predicted molar refractivity (Wildman–Crippen MR) is 126 cm³/mol. The van der Waals surface area contributed by atoms with E-state index in [0.717, 1.165) is 32.1 Å². The summed E-state index contributed by atoms with van der Waals surface area (Å²) in [6.45, 7) is 0. The summed E-state index contributed by atoms with van der Waals surface area (Å²) in [4.78, 5) is 17.6. The number of hydrogen-bond acceptors (Lipinski definition) is 5. The number of carbonyl (C=O) groups is 1. The van der Waals surface area contributed by atoms with Crippen LogP contribution >= 0.6 is 35.4 Å². The van der Waals surface area contributed by atoms with Gasteiger partial charge in [-0.1, -0.05) is 11.6 Å². The minimum Gasteiger partial charge on any atom is -0.495 e. The third kappa shape index (κ3) is 3.80. The molecule has 8 nitrogen and oxygen atoms in total. The van der Waals surface area contributed by atoms with Crippen LogP contribution in [0.5, 0.6) is 5.75 Å². The number of anilines is 1. The average Bonchev–Trinajstić information content (AvgIpc) is 3.18. The molecule has 0 spiro atoms. The van der Waals surface area contributed by atoms with Crippen LogP contribution in [-0.2, 0) is 10.3 Å². The Morgan fingerprint density at radius 2 is 1.97 bits per heavy atom. The lowest BCUT2D eigenvalue weighted by Gasteiger charge is -2.60. The van der Waals surface area contributed by atoms with Crippen molar-refractivity contribution < 1.29 is 9.53 Å². The second kappa shape index (κ2) is 8.04. The Labute approximate surface area is 201 Å². The molecule has 1 aromatic carbocycles. The van der Waals surface area contributed by atoms with Gasteiger partial charge >= 0.3 is 0 Å². The number of amides is 1. The summed E-state index contributed by atoms with van der Waals surface area (Å²) in [5.41, 5.74) is 5.65. The van der Waals surface area contributed by atoms with Crippen molar-refractivity contribution in [2.75, 3.05) is 12.4 Å². The number of thiocarbonyl (C=S) groups is 1. The summed E-state index contributed by atoms with van der Waals surface area (Å²) < 4.78 is 7.23. The summed E-state index contributed by atoms with van der Waals surface area (Å²) in [6.07, 6.45) is 7.38. The van der Waals surface area contributed by atoms with Gasteiger partial charge in [-0.05, 0) is 92.4 Å². The Balaban J connectivity index is 1.28. The quantitative estimate of drug-likeness (QED) is 0.438.